The van der Waals surface area contributed by atoms with Crippen molar-refractivity contribution in [2.75, 3.05) is 6.61 Å². The van der Waals surface area contributed by atoms with Gasteiger partial charge < -0.3 is 10.8 Å². The van der Waals surface area contributed by atoms with Crippen LogP contribution in [0.3, 0.4) is 0 Å². The van der Waals surface area contributed by atoms with Crippen LogP contribution < -0.4 is 11.2 Å². The molecule has 0 aromatic rings. The molecular formula is C10H19N3OS. The molecule has 1 fully saturated rings. The number of nitrogens with two attached hydrogens (primary N) is 1. The highest BCUT2D eigenvalue weighted by atomic mass is 32.1. The molecule has 4 nitrogen and oxygen atoms in total. The van der Waals surface area contributed by atoms with E-state index in [1.807, 2.05) is 6.92 Å². The maximum atomic E-state index is 9.14. The van der Waals surface area contributed by atoms with E-state index < -0.39 is 0 Å². The average Bonchev–Trinajstić information content (AvgIpc) is 2.13. The van der Waals surface area contributed by atoms with Crippen LogP contribution in [0.4, 0.5) is 0 Å². The van der Waals surface area contributed by atoms with Crippen LogP contribution in [0.1, 0.15) is 27.2 Å². The van der Waals surface area contributed by atoms with Crippen molar-refractivity contribution in [3.05, 3.63) is 0 Å². The van der Waals surface area contributed by atoms with Gasteiger partial charge in [0, 0.05) is 18.2 Å². The molecule has 1 saturated carbocycles. The summed E-state index contributed by atoms with van der Waals surface area (Å²) in [6, 6.07) is 0. The number of aliphatic hydroxyl groups excluding tert-OH is 1. The van der Waals surface area contributed by atoms with Crippen LogP contribution >= 0.6 is 12.2 Å². The molecule has 0 heterocycles. The Balaban J connectivity index is 2.60. The van der Waals surface area contributed by atoms with Crippen molar-refractivity contribution in [2.24, 2.45) is 28.1 Å². The first-order chi connectivity index (χ1) is 6.89. The zero-order valence-corrected chi connectivity index (χ0v) is 10.3. The highest BCUT2D eigenvalue weighted by Gasteiger charge is 2.48. The Bertz CT molecular complexity index is 288. The predicted octanol–water partition coefficient (Wildman–Crippen LogP) is 0.850. The van der Waals surface area contributed by atoms with Gasteiger partial charge in [0.15, 0.2) is 5.11 Å². The summed E-state index contributed by atoms with van der Waals surface area (Å²) in [5.74, 6) is 0.772. The lowest BCUT2D eigenvalue weighted by molar-refractivity contribution is -0.0162. The molecule has 0 unspecified atom stereocenters. The van der Waals surface area contributed by atoms with Crippen molar-refractivity contribution in [2.45, 2.75) is 27.2 Å². The summed E-state index contributed by atoms with van der Waals surface area (Å²) in [7, 11) is 0. The van der Waals surface area contributed by atoms with Crippen molar-refractivity contribution < 1.29 is 5.11 Å². The average molecular weight is 229 g/mol. The van der Waals surface area contributed by atoms with Crippen LogP contribution in [-0.4, -0.2) is 22.5 Å². The molecule has 0 radical (unpaired) electrons. The Kier molecular flexibility index (Phi) is 3.67. The first-order valence-electron chi connectivity index (χ1n) is 5.10. The van der Waals surface area contributed by atoms with Gasteiger partial charge in [-0.25, -0.2) is 0 Å². The number of hydrazone groups is 1. The van der Waals surface area contributed by atoms with Gasteiger partial charge in [0.25, 0.3) is 0 Å². The smallest absolute Gasteiger partial charge is 0.184 e. The lowest BCUT2D eigenvalue weighted by Gasteiger charge is -2.51. The van der Waals surface area contributed by atoms with Gasteiger partial charge in [0.1, 0.15) is 0 Å². The molecule has 86 valence electrons. The minimum atomic E-state index is 0.111. The van der Waals surface area contributed by atoms with E-state index in [1.54, 1.807) is 0 Å². The first-order valence-corrected chi connectivity index (χ1v) is 5.51. The predicted molar refractivity (Wildman–Crippen MR) is 65.5 cm³/mol. The van der Waals surface area contributed by atoms with Gasteiger partial charge >= 0.3 is 0 Å². The van der Waals surface area contributed by atoms with E-state index in [-0.39, 0.29) is 17.1 Å². The van der Waals surface area contributed by atoms with Gasteiger partial charge in [-0.15, -0.1) is 0 Å². The molecule has 0 spiro atoms. The van der Waals surface area contributed by atoms with Gasteiger partial charge in [0.05, 0.1) is 0 Å². The number of aliphatic hydroxyl groups is 1. The lowest BCUT2D eigenvalue weighted by Crippen LogP contribution is -2.50. The van der Waals surface area contributed by atoms with Gasteiger partial charge in [0.2, 0.25) is 0 Å². The third-order valence-electron chi connectivity index (χ3n) is 3.54. The maximum absolute atomic E-state index is 9.14. The topological polar surface area (TPSA) is 70.6 Å². The second-order valence-corrected chi connectivity index (χ2v) is 5.16. The molecule has 4 N–H and O–H groups in total. The highest BCUT2D eigenvalue weighted by Crippen LogP contribution is 2.51. The Hall–Kier alpha value is -0.680. The molecule has 15 heavy (non-hydrogen) atoms. The molecule has 0 aliphatic heterocycles. The number of thiocarbonyl (C=S) groups is 1. The van der Waals surface area contributed by atoms with E-state index in [4.69, 9.17) is 10.8 Å². The lowest BCUT2D eigenvalue weighted by atomic mass is 9.54. The van der Waals surface area contributed by atoms with Gasteiger partial charge in [-0.1, -0.05) is 13.8 Å². The van der Waals surface area contributed by atoms with Crippen LogP contribution in [0, 0.1) is 17.3 Å². The minimum Gasteiger partial charge on any atom is -0.396 e. The van der Waals surface area contributed by atoms with Crippen LogP contribution in [0.25, 0.3) is 0 Å². The van der Waals surface area contributed by atoms with Crippen molar-refractivity contribution in [3.8, 4) is 0 Å². The van der Waals surface area contributed by atoms with Crippen LogP contribution in [0.2, 0.25) is 0 Å². The van der Waals surface area contributed by atoms with Crippen molar-refractivity contribution in [1.82, 2.24) is 5.43 Å². The van der Waals surface area contributed by atoms with E-state index in [2.05, 4.69) is 36.6 Å². The third-order valence-corrected chi connectivity index (χ3v) is 3.63. The third kappa shape index (κ3) is 2.46. The first kappa shape index (κ1) is 12.4. The number of hydrogen-bond donors (Lipinski definition) is 3. The molecule has 1 aliphatic carbocycles. The minimum absolute atomic E-state index is 0.111. The van der Waals surface area contributed by atoms with Crippen molar-refractivity contribution >= 4 is 23.0 Å². The molecule has 0 bridgehead atoms. The fourth-order valence-corrected chi connectivity index (χ4v) is 2.30. The number of rotatable bonds is 3. The normalized spacial score (nSPS) is 29.5. The molecule has 0 aromatic carbocycles. The van der Waals surface area contributed by atoms with Gasteiger partial charge in [-0.05, 0) is 36.9 Å². The molecule has 1 aliphatic rings. The maximum Gasteiger partial charge on any atom is 0.184 e. The summed E-state index contributed by atoms with van der Waals surface area (Å²) in [5, 5.41) is 13.5. The van der Waals surface area contributed by atoms with E-state index >= 15 is 0 Å². The zero-order chi connectivity index (χ0) is 11.6. The Morgan fingerprint density at radius 1 is 1.67 bits per heavy atom. The Labute approximate surface area is 95.9 Å². The summed E-state index contributed by atoms with van der Waals surface area (Å²) < 4.78 is 0. The van der Waals surface area contributed by atoms with E-state index in [1.165, 1.54) is 0 Å². The molecule has 0 amide bonds. The van der Waals surface area contributed by atoms with E-state index in [0.29, 0.717) is 11.8 Å². The summed E-state index contributed by atoms with van der Waals surface area (Å²) in [4.78, 5) is 0. The standard InChI is InChI=1S/C10H19N3OS/c1-6(12-13-9(11)15)8-4-7(5-14)10(8,2)3/h7-8,14H,4-5H2,1-3H3,(H3,11,13,15)/b12-6+/t7-,8+/m1/s1. The fourth-order valence-electron chi connectivity index (χ4n) is 2.26. The summed E-state index contributed by atoms with van der Waals surface area (Å²) >= 11 is 4.68. The molecule has 2 atom stereocenters. The summed E-state index contributed by atoms with van der Waals surface area (Å²) in [6.45, 7) is 6.52. The molecular weight excluding hydrogens is 210 g/mol. The van der Waals surface area contributed by atoms with E-state index in [9.17, 15) is 0 Å². The molecule has 5 heteroatoms. The largest absolute Gasteiger partial charge is 0.396 e. The van der Waals surface area contributed by atoms with Crippen LogP contribution in [-0.2, 0) is 0 Å². The summed E-state index contributed by atoms with van der Waals surface area (Å²) in [6.07, 6.45) is 0.984. The number of hydrogen-bond acceptors (Lipinski definition) is 3. The molecule has 0 saturated heterocycles. The van der Waals surface area contributed by atoms with E-state index in [0.717, 1.165) is 12.1 Å². The Morgan fingerprint density at radius 2 is 2.27 bits per heavy atom. The van der Waals surface area contributed by atoms with Crippen molar-refractivity contribution in [3.63, 3.8) is 0 Å². The van der Waals surface area contributed by atoms with Crippen LogP contribution in [0.15, 0.2) is 5.10 Å². The van der Waals surface area contributed by atoms with Gasteiger partial charge in [-0.3, -0.25) is 5.43 Å². The second kappa shape index (κ2) is 4.45. The monoisotopic (exact) mass is 229 g/mol. The van der Waals surface area contributed by atoms with Crippen molar-refractivity contribution in [1.29, 1.82) is 0 Å². The number of nitrogens with zero attached hydrogens (tertiary/aromatic N) is 1. The highest BCUT2D eigenvalue weighted by molar-refractivity contribution is 7.80. The zero-order valence-electron chi connectivity index (χ0n) is 9.45. The van der Waals surface area contributed by atoms with Gasteiger partial charge in [-0.2, -0.15) is 5.10 Å². The second-order valence-electron chi connectivity index (χ2n) is 4.72. The number of nitrogens with one attached hydrogen (secondary N) is 1. The summed E-state index contributed by atoms with van der Waals surface area (Å²) in [5.41, 5.74) is 9.00. The fraction of sp³-hybridized carbons (Fsp3) is 0.800. The van der Waals surface area contributed by atoms with Crippen LogP contribution in [0.5, 0.6) is 0 Å². The Morgan fingerprint density at radius 3 is 2.67 bits per heavy atom. The molecule has 1 rings (SSSR count). The quantitative estimate of drug-likeness (QED) is 0.381. The molecule has 0 aromatic heterocycles. The SMILES string of the molecule is C/C(=N\NC(N)=S)[C@@H]1C[C@H](CO)C1(C)C.